The van der Waals surface area contributed by atoms with Gasteiger partial charge in [0.15, 0.2) is 9.84 Å². The van der Waals surface area contributed by atoms with Crippen LogP contribution < -0.4 is 0 Å². The molecular formula is C15H19NO5S. The van der Waals surface area contributed by atoms with Gasteiger partial charge in [-0.25, -0.2) is 8.42 Å². The van der Waals surface area contributed by atoms with Crippen LogP contribution in [0.25, 0.3) is 0 Å². The Morgan fingerprint density at radius 3 is 1.95 bits per heavy atom. The molecule has 2 amide bonds. The summed E-state index contributed by atoms with van der Waals surface area (Å²) in [5, 5.41) is 10.2. The summed E-state index contributed by atoms with van der Waals surface area (Å²) in [4.78, 5) is 25.2. The number of rotatable bonds is 4. The Kier molecular flexibility index (Phi) is 4.39. The molecule has 1 saturated heterocycles. The molecular weight excluding hydrogens is 306 g/mol. The van der Waals surface area contributed by atoms with E-state index in [0.29, 0.717) is 5.56 Å². The quantitative estimate of drug-likeness (QED) is 0.825. The predicted octanol–water partition coefficient (Wildman–Crippen LogP) is 0.764. The molecule has 1 aliphatic rings. The third-order valence-corrected chi connectivity index (χ3v) is 5.24. The summed E-state index contributed by atoms with van der Waals surface area (Å²) >= 11 is 0. The second kappa shape index (κ2) is 5.81. The number of likely N-dealkylation sites (tertiary alicyclic amines) is 1. The van der Waals surface area contributed by atoms with Gasteiger partial charge in [0.05, 0.1) is 17.5 Å². The number of carbonyl (C=O) groups is 2. The molecule has 120 valence electrons. The number of β-amino-alcohol motifs (C(OH)–C–C–N with tert-alkyl or cyclic N) is 1. The highest BCUT2D eigenvalue weighted by Crippen LogP contribution is 2.27. The average Bonchev–Trinajstić information content (AvgIpc) is 2.64. The lowest BCUT2D eigenvalue weighted by atomic mass is 10.00. The summed E-state index contributed by atoms with van der Waals surface area (Å²) in [6.45, 7) is 3.26. The zero-order chi connectivity index (χ0) is 16.7. The molecule has 0 aliphatic carbocycles. The van der Waals surface area contributed by atoms with Gasteiger partial charge in [-0.2, -0.15) is 0 Å². The molecule has 1 fully saturated rings. The second-order valence-electron chi connectivity index (χ2n) is 5.72. The number of nitrogens with zero attached hydrogens (tertiary/aromatic N) is 1. The number of aliphatic hydroxyl groups is 1. The molecule has 1 aliphatic heterocycles. The highest BCUT2D eigenvalue weighted by molar-refractivity contribution is 7.90. The number of sulfone groups is 1. The van der Waals surface area contributed by atoms with E-state index in [1.165, 1.54) is 24.3 Å². The van der Waals surface area contributed by atoms with Crippen LogP contribution in [0, 0.1) is 11.8 Å². The van der Waals surface area contributed by atoms with Crippen LogP contribution in [0.1, 0.15) is 25.5 Å². The molecule has 0 bridgehead atoms. The van der Waals surface area contributed by atoms with Gasteiger partial charge in [0.25, 0.3) is 0 Å². The van der Waals surface area contributed by atoms with E-state index in [1.54, 1.807) is 13.8 Å². The number of carbonyl (C=O) groups excluding carboxylic acids is 2. The fourth-order valence-electron chi connectivity index (χ4n) is 2.42. The van der Waals surface area contributed by atoms with Crippen molar-refractivity contribution in [1.82, 2.24) is 4.90 Å². The van der Waals surface area contributed by atoms with Gasteiger partial charge in [0.1, 0.15) is 0 Å². The summed E-state index contributed by atoms with van der Waals surface area (Å²) in [5.74, 6) is -1.34. The highest BCUT2D eigenvalue weighted by atomic mass is 32.2. The first-order valence-corrected chi connectivity index (χ1v) is 8.85. The van der Waals surface area contributed by atoms with E-state index < -0.39 is 15.9 Å². The zero-order valence-electron chi connectivity index (χ0n) is 12.7. The number of amides is 2. The maximum absolute atomic E-state index is 12.0. The molecule has 1 heterocycles. The van der Waals surface area contributed by atoms with Crippen molar-refractivity contribution in [3.63, 3.8) is 0 Å². The maximum Gasteiger partial charge on any atom is 0.232 e. The lowest BCUT2D eigenvalue weighted by Gasteiger charge is -2.19. The normalized spacial score (nSPS) is 23.9. The molecule has 1 aromatic carbocycles. The third-order valence-electron chi connectivity index (χ3n) is 4.11. The van der Waals surface area contributed by atoms with Gasteiger partial charge in [0.2, 0.25) is 11.8 Å². The van der Waals surface area contributed by atoms with Gasteiger partial charge in [-0.15, -0.1) is 0 Å². The summed E-state index contributed by atoms with van der Waals surface area (Å²) in [5.41, 5.74) is 0.459. The zero-order valence-corrected chi connectivity index (χ0v) is 13.5. The van der Waals surface area contributed by atoms with E-state index in [0.717, 1.165) is 11.2 Å². The largest absolute Gasteiger partial charge is 0.387 e. The summed E-state index contributed by atoms with van der Waals surface area (Å²) in [6, 6.07) is 5.76. The first-order chi connectivity index (χ1) is 10.1. The van der Waals surface area contributed by atoms with Crippen LogP contribution in [0.5, 0.6) is 0 Å². The monoisotopic (exact) mass is 325 g/mol. The Hall–Kier alpha value is -1.73. The molecule has 22 heavy (non-hydrogen) atoms. The van der Waals surface area contributed by atoms with E-state index in [9.17, 15) is 23.1 Å². The lowest BCUT2D eigenvalue weighted by molar-refractivity contribution is -0.141. The molecule has 0 aromatic heterocycles. The van der Waals surface area contributed by atoms with Gasteiger partial charge in [-0.05, 0) is 17.7 Å². The van der Waals surface area contributed by atoms with Crippen molar-refractivity contribution in [2.24, 2.45) is 11.8 Å². The van der Waals surface area contributed by atoms with E-state index in [2.05, 4.69) is 0 Å². The van der Waals surface area contributed by atoms with Gasteiger partial charge in [0, 0.05) is 18.1 Å². The van der Waals surface area contributed by atoms with Crippen LogP contribution in [0.4, 0.5) is 0 Å². The van der Waals surface area contributed by atoms with Gasteiger partial charge < -0.3 is 5.11 Å². The molecule has 0 saturated carbocycles. The van der Waals surface area contributed by atoms with E-state index in [-0.39, 0.29) is 35.1 Å². The smallest absolute Gasteiger partial charge is 0.232 e. The molecule has 3 atom stereocenters. The minimum Gasteiger partial charge on any atom is -0.387 e. The third kappa shape index (κ3) is 3.05. The topological polar surface area (TPSA) is 91.8 Å². The van der Waals surface area contributed by atoms with Crippen molar-refractivity contribution < 1.29 is 23.1 Å². The molecule has 6 nitrogen and oxygen atoms in total. The number of hydrogen-bond donors (Lipinski definition) is 1. The van der Waals surface area contributed by atoms with Crippen molar-refractivity contribution in [2.75, 3.05) is 12.8 Å². The van der Waals surface area contributed by atoms with Crippen molar-refractivity contribution >= 4 is 21.7 Å². The number of hydrogen-bond acceptors (Lipinski definition) is 5. The maximum atomic E-state index is 12.0. The van der Waals surface area contributed by atoms with Gasteiger partial charge >= 0.3 is 0 Å². The highest BCUT2D eigenvalue weighted by Gasteiger charge is 2.42. The van der Waals surface area contributed by atoms with Crippen LogP contribution in [0.15, 0.2) is 29.2 Å². The van der Waals surface area contributed by atoms with Crippen LogP contribution in [0.3, 0.4) is 0 Å². The molecule has 0 radical (unpaired) electrons. The predicted molar refractivity (Wildman–Crippen MR) is 79.6 cm³/mol. The lowest BCUT2D eigenvalue weighted by Crippen LogP contribution is -2.34. The number of aliphatic hydroxyl groups excluding tert-OH is 1. The molecule has 2 rings (SSSR count). The Morgan fingerprint density at radius 2 is 1.55 bits per heavy atom. The fourth-order valence-corrected chi connectivity index (χ4v) is 3.05. The molecule has 1 aromatic rings. The molecule has 7 heteroatoms. The van der Waals surface area contributed by atoms with Crippen molar-refractivity contribution in [3.05, 3.63) is 29.8 Å². The summed E-state index contributed by atoms with van der Waals surface area (Å²) in [7, 11) is -3.30. The average molecular weight is 325 g/mol. The van der Waals surface area contributed by atoms with Crippen molar-refractivity contribution in [1.29, 1.82) is 0 Å². The standard InChI is InChI=1S/C15H19NO5S/c1-9-10(2)15(19)16(14(9)18)8-13(17)11-4-6-12(7-5-11)22(3,20)21/h4-7,9-10,13,17H,8H2,1-3H3/t9-,10-,13+/m0/s1. The van der Waals surface area contributed by atoms with E-state index in [4.69, 9.17) is 0 Å². The van der Waals surface area contributed by atoms with Gasteiger partial charge in [-0.3, -0.25) is 14.5 Å². The summed E-state index contributed by atoms with van der Waals surface area (Å²) < 4.78 is 22.8. The Morgan fingerprint density at radius 1 is 1.09 bits per heavy atom. The molecule has 0 unspecified atom stereocenters. The minimum absolute atomic E-state index is 0.120. The van der Waals surface area contributed by atoms with E-state index >= 15 is 0 Å². The fraction of sp³-hybridized carbons (Fsp3) is 0.467. The minimum atomic E-state index is -3.30. The van der Waals surface area contributed by atoms with Crippen LogP contribution in [-0.2, 0) is 19.4 Å². The SMILES string of the molecule is C[C@@H]1C(=O)N(C[C@@H](O)c2ccc(S(C)(=O)=O)cc2)C(=O)[C@H]1C. The molecule has 0 spiro atoms. The molecule has 1 N–H and O–H groups in total. The summed E-state index contributed by atoms with van der Waals surface area (Å²) in [6.07, 6.45) is 0.0574. The van der Waals surface area contributed by atoms with Crippen molar-refractivity contribution in [3.8, 4) is 0 Å². The second-order valence-corrected chi connectivity index (χ2v) is 7.74. The first-order valence-electron chi connectivity index (χ1n) is 6.96. The number of imide groups is 1. The Bertz CT molecular complexity index is 675. The van der Waals surface area contributed by atoms with E-state index in [1.807, 2.05) is 0 Å². The van der Waals surface area contributed by atoms with Crippen LogP contribution >= 0.6 is 0 Å². The number of benzene rings is 1. The van der Waals surface area contributed by atoms with Crippen LogP contribution in [-0.4, -0.2) is 43.0 Å². The van der Waals surface area contributed by atoms with Gasteiger partial charge in [-0.1, -0.05) is 26.0 Å². The van der Waals surface area contributed by atoms with Crippen LogP contribution in [0.2, 0.25) is 0 Å². The van der Waals surface area contributed by atoms with Crippen molar-refractivity contribution in [2.45, 2.75) is 24.8 Å². The first kappa shape index (κ1) is 16.6. The Balaban J connectivity index is 2.14. The Labute approximate surface area is 129 Å².